The molecular formula is C15H19NO5. The number of rotatable bonds is 5. The molecule has 6 heteroatoms. The second-order valence-corrected chi connectivity index (χ2v) is 4.88. The molecule has 1 atom stereocenters. The van der Waals surface area contributed by atoms with E-state index in [4.69, 9.17) is 9.47 Å². The molecule has 2 amide bonds. The van der Waals surface area contributed by atoms with Crippen molar-refractivity contribution in [1.29, 1.82) is 0 Å². The number of amides is 2. The van der Waals surface area contributed by atoms with Crippen LogP contribution in [0, 0.1) is 0 Å². The molecule has 0 saturated carbocycles. The lowest BCUT2D eigenvalue weighted by atomic mass is 10.0. The number of aliphatic hydroxyl groups is 1. The fraction of sp³-hybridized carbons (Fsp3) is 0.467. The first kappa shape index (κ1) is 15.3. The van der Waals surface area contributed by atoms with Crippen LogP contribution in [0.3, 0.4) is 0 Å². The van der Waals surface area contributed by atoms with Crippen LogP contribution in [-0.2, 0) is 9.59 Å². The number of carbonyl (C=O) groups is 2. The monoisotopic (exact) mass is 293 g/mol. The summed E-state index contributed by atoms with van der Waals surface area (Å²) in [5, 5.41) is 10.3. The first-order valence-corrected chi connectivity index (χ1v) is 6.80. The standard InChI is InChI=1S/C15H19NO5/c1-20-10-6-7-11(13(8-10)21-2)12(17)9-16-14(18)4-3-5-15(16)19/h6-8,12,17H,3-5,9H2,1-2H3. The molecule has 21 heavy (non-hydrogen) atoms. The smallest absolute Gasteiger partial charge is 0.229 e. The number of hydrogen-bond donors (Lipinski definition) is 1. The van der Waals surface area contributed by atoms with Crippen LogP contribution in [0.15, 0.2) is 18.2 Å². The van der Waals surface area contributed by atoms with Crippen LogP contribution in [0.2, 0.25) is 0 Å². The van der Waals surface area contributed by atoms with Gasteiger partial charge in [0.15, 0.2) is 0 Å². The van der Waals surface area contributed by atoms with Crippen molar-refractivity contribution in [3.05, 3.63) is 23.8 Å². The number of piperidine rings is 1. The molecule has 1 aliphatic rings. The highest BCUT2D eigenvalue weighted by molar-refractivity contribution is 5.97. The van der Waals surface area contributed by atoms with Gasteiger partial charge in [-0.1, -0.05) is 0 Å². The molecule has 0 aliphatic carbocycles. The molecule has 1 N–H and O–H groups in total. The summed E-state index contributed by atoms with van der Waals surface area (Å²) in [6, 6.07) is 5.01. The molecule has 1 aromatic rings. The second kappa shape index (κ2) is 6.58. The van der Waals surface area contributed by atoms with Crippen LogP contribution in [0.5, 0.6) is 11.5 Å². The zero-order chi connectivity index (χ0) is 15.4. The minimum Gasteiger partial charge on any atom is -0.497 e. The molecule has 0 aromatic heterocycles. The quantitative estimate of drug-likeness (QED) is 0.828. The molecule has 0 radical (unpaired) electrons. The van der Waals surface area contributed by atoms with Crippen LogP contribution in [0.1, 0.15) is 30.9 Å². The first-order chi connectivity index (χ1) is 10.1. The summed E-state index contributed by atoms with van der Waals surface area (Å²) in [5.41, 5.74) is 0.518. The van der Waals surface area contributed by atoms with Crippen LogP contribution in [0.25, 0.3) is 0 Å². The molecule has 1 heterocycles. The van der Waals surface area contributed by atoms with Gasteiger partial charge in [0, 0.05) is 24.5 Å². The number of imide groups is 1. The van der Waals surface area contributed by atoms with E-state index in [-0.39, 0.29) is 18.4 Å². The molecular weight excluding hydrogens is 274 g/mol. The van der Waals surface area contributed by atoms with Gasteiger partial charge in [0.05, 0.1) is 20.8 Å². The lowest BCUT2D eigenvalue weighted by Crippen LogP contribution is -2.42. The van der Waals surface area contributed by atoms with Crippen LogP contribution >= 0.6 is 0 Å². The van der Waals surface area contributed by atoms with Gasteiger partial charge in [-0.2, -0.15) is 0 Å². The molecule has 1 saturated heterocycles. The maximum absolute atomic E-state index is 11.8. The summed E-state index contributed by atoms with van der Waals surface area (Å²) < 4.78 is 10.3. The third-order valence-electron chi connectivity index (χ3n) is 3.54. The topological polar surface area (TPSA) is 76.1 Å². The van der Waals surface area contributed by atoms with Gasteiger partial charge in [-0.15, -0.1) is 0 Å². The predicted molar refractivity (Wildman–Crippen MR) is 75.1 cm³/mol. The predicted octanol–water partition coefficient (Wildman–Crippen LogP) is 1.28. The van der Waals surface area contributed by atoms with Gasteiger partial charge in [0.1, 0.15) is 17.6 Å². The van der Waals surface area contributed by atoms with E-state index in [1.54, 1.807) is 18.2 Å². The summed E-state index contributed by atoms with van der Waals surface area (Å²) in [7, 11) is 3.03. The van der Waals surface area contributed by atoms with Crippen molar-refractivity contribution in [1.82, 2.24) is 4.90 Å². The number of ether oxygens (including phenoxy) is 2. The summed E-state index contributed by atoms with van der Waals surface area (Å²) in [4.78, 5) is 24.7. The van der Waals surface area contributed by atoms with E-state index in [0.29, 0.717) is 36.3 Å². The minimum atomic E-state index is -0.989. The van der Waals surface area contributed by atoms with Crippen molar-refractivity contribution < 1.29 is 24.2 Å². The lowest BCUT2D eigenvalue weighted by Gasteiger charge is -2.27. The Kier molecular flexibility index (Phi) is 4.80. The Morgan fingerprint density at radius 3 is 2.43 bits per heavy atom. The number of methoxy groups -OCH3 is 2. The maximum atomic E-state index is 11.8. The maximum Gasteiger partial charge on any atom is 0.229 e. The van der Waals surface area contributed by atoms with E-state index >= 15 is 0 Å². The minimum absolute atomic E-state index is 0.0552. The van der Waals surface area contributed by atoms with E-state index in [1.807, 2.05) is 0 Å². The lowest BCUT2D eigenvalue weighted by molar-refractivity contribution is -0.149. The highest BCUT2D eigenvalue weighted by Gasteiger charge is 2.29. The van der Waals surface area contributed by atoms with Crippen molar-refractivity contribution in [3.8, 4) is 11.5 Å². The summed E-state index contributed by atoms with van der Waals surface area (Å²) in [5.74, 6) is 0.585. The van der Waals surface area contributed by atoms with Crippen molar-refractivity contribution in [3.63, 3.8) is 0 Å². The molecule has 0 spiro atoms. The normalized spacial score (nSPS) is 16.8. The van der Waals surface area contributed by atoms with Crippen molar-refractivity contribution in [2.75, 3.05) is 20.8 Å². The summed E-state index contributed by atoms with van der Waals surface area (Å²) >= 11 is 0. The van der Waals surface area contributed by atoms with E-state index < -0.39 is 6.10 Å². The van der Waals surface area contributed by atoms with Gasteiger partial charge in [-0.3, -0.25) is 14.5 Å². The number of aliphatic hydroxyl groups excluding tert-OH is 1. The number of nitrogens with zero attached hydrogens (tertiary/aromatic N) is 1. The molecule has 1 unspecified atom stereocenters. The largest absolute Gasteiger partial charge is 0.497 e. The average Bonchev–Trinajstić information content (AvgIpc) is 2.50. The number of carbonyl (C=O) groups excluding carboxylic acids is 2. The molecule has 2 rings (SSSR count). The van der Waals surface area contributed by atoms with Gasteiger partial charge in [0.2, 0.25) is 11.8 Å². The first-order valence-electron chi connectivity index (χ1n) is 6.80. The van der Waals surface area contributed by atoms with Crippen LogP contribution in [-0.4, -0.2) is 42.6 Å². The van der Waals surface area contributed by atoms with E-state index in [2.05, 4.69) is 0 Å². The van der Waals surface area contributed by atoms with Crippen molar-refractivity contribution >= 4 is 11.8 Å². The molecule has 1 fully saturated rings. The van der Waals surface area contributed by atoms with Gasteiger partial charge in [-0.05, 0) is 18.6 Å². The number of benzene rings is 1. The summed E-state index contributed by atoms with van der Waals surface area (Å²) in [6.07, 6.45) is 0.281. The molecule has 1 aromatic carbocycles. The fourth-order valence-electron chi connectivity index (χ4n) is 2.37. The SMILES string of the molecule is COc1ccc(C(O)CN2C(=O)CCCC2=O)c(OC)c1. The average molecular weight is 293 g/mol. The molecule has 1 aliphatic heterocycles. The van der Waals surface area contributed by atoms with Crippen LogP contribution < -0.4 is 9.47 Å². The molecule has 6 nitrogen and oxygen atoms in total. The third kappa shape index (κ3) is 3.33. The third-order valence-corrected chi connectivity index (χ3v) is 3.54. The Bertz CT molecular complexity index is 527. The number of hydrogen-bond acceptors (Lipinski definition) is 5. The Balaban J connectivity index is 2.17. The van der Waals surface area contributed by atoms with Gasteiger partial charge in [-0.25, -0.2) is 0 Å². The van der Waals surface area contributed by atoms with E-state index in [1.165, 1.54) is 14.2 Å². The van der Waals surface area contributed by atoms with Crippen LogP contribution in [0.4, 0.5) is 0 Å². The Labute approximate surface area is 123 Å². The number of β-amino-alcohol motifs (C(OH)–C–C–N with tert-alkyl or cyclic N) is 1. The molecule has 114 valence electrons. The number of likely N-dealkylation sites (tertiary alicyclic amines) is 1. The second-order valence-electron chi connectivity index (χ2n) is 4.88. The van der Waals surface area contributed by atoms with Crippen molar-refractivity contribution in [2.45, 2.75) is 25.4 Å². The Hall–Kier alpha value is -2.08. The van der Waals surface area contributed by atoms with Gasteiger partial charge < -0.3 is 14.6 Å². The van der Waals surface area contributed by atoms with E-state index in [0.717, 1.165) is 4.90 Å². The zero-order valence-corrected chi connectivity index (χ0v) is 12.2. The molecule has 0 bridgehead atoms. The van der Waals surface area contributed by atoms with Gasteiger partial charge >= 0.3 is 0 Å². The summed E-state index contributed by atoms with van der Waals surface area (Å²) in [6.45, 7) is -0.0552. The fourth-order valence-corrected chi connectivity index (χ4v) is 2.37. The Morgan fingerprint density at radius 2 is 1.86 bits per heavy atom. The highest BCUT2D eigenvalue weighted by Crippen LogP contribution is 2.30. The highest BCUT2D eigenvalue weighted by atomic mass is 16.5. The Morgan fingerprint density at radius 1 is 1.19 bits per heavy atom. The van der Waals surface area contributed by atoms with Crippen molar-refractivity contribution in [2.24, 2.45) is 0 Å². The zero-order valence-electron chi connectivity index (χ0n) is 12.2. The van der Waals surface area contributed by atoms with E-state index in [9.17, 15) is 14.7 Å². The van der Waals surface area contributed by atoms with Gasteiger partial charge in [0.25, 0.3) is 0 Å².